The van der Waals surface area contributed by atoms with Crippen LogP contribution in [0.25, 0.3) is 15.7 Å². The van der Waals surface area contributed by atoms with Crippen LogP contribution in [0, 0.1) is 18.2 Å². The molecule has 1 N–H and O–H groups in total. The summed E-state index contributed by atoms with van der Waals surface area (Å²) in [7, 11) is -2.44. The van der Waals surface area contributed by atoms with E-state index in [1.54, 1.807) is 18.2 Å². The van der Waals surface area contributed by atoms with Crippen molar-refractivity contribution in [2.45, 2.75) is 10.6 Å². The Bertz CT molecular complexity index is 1110. The quantitative estimate of drug-likeness (QED) is 0.714. The lowest BCUT2D eigenvalue weighted by Crippen LogP contribution is -2.06. The Balaban J connectivity index is 2.04. The number of ether oxygens (including phenoxy) is 1. The fourth-order valence-electron chi connectivity index (χ4n) is 2.52. The lowest BCUT2D eigenvalue weighted by molar-refractivity contribution is 0.415. The average molecular weight is 362 g/mol. The van der Waals surface area contributed by atoms with Crippen LogP contribution in [0.1, 0.15) is 5.56 Å². The molecule has 0 amide bonds. The summed E-state index contributed by atoms with van der Waals surface area (Å²) in [4.78, 5) is 5.66. The number of aromatic amines is 1. The molecular weight excluding hydrogens is 350 g/mol. The highest BCUT2D eigenvalue weighted by molar-refractivity contribution is 7.90. The van der Waals surface area contributed by atoms with Gasteiger partial charge in [0.25, 0.3) is 0 Å². The van der Waals surface area contributed by atoms with Gasteiger partial charge in [-0.15, -0.1) is 0 Å². The van der Waals surface area contributed by atoms with Gasteiger partial charge >= 0.3 is 0 Å². The van der Waals surface area contributed by atoms with Gasteiger partial charge in [0.1, 0.15) is 17.4 Å². The van der Waals surface area contributed by atoms with Crippen molar-refractivity contribution in [3.8, 4) is 5.75 Å². The van der Waals surface area contributed by atoms with Gasteiger partial charge in [-0.2, -0.15) is 0 Å². The van der Waals surface area contributed by atoms with Crippen LogP contribution in [0.4, 0.5) is 14.5 Å². The molecule has 0 saturated carbocycles. The second-order valence-corrected chi connectivity index (χ2v) is 7.29. The van der Waals surface area contributed by atoms with E-state index in [0.717, 1.165) is 6.07 Å². The predicted octanol–water partition coefficient (Wildman–Crippen LogP) is 3.98. The van der Waals surface area contributed by atoms with Crippen molar-refractivity contribution in [2.75, 3.05) is 7.11 Å². The van der Waals surface area contributed by atoms with Crippen LogP contribution in [0.5, 0.6) is 5.75 Å². The van der Waals surface area contributed by atoms with E-state index in [0.29, 0.717) is 22.7 Å². The van der Waals surface area contributed by atoms with E-state index in [1.165, 1.54) is 13.3 Å². The molecule has 3 rings (SSSR count). The number of sulfone groups is 1. The summed E-state index contributed by atoms with van der Waals surface area (Å²) in [5, 5.41) is 0.430. The van der Waals surface area contributed by atoms with Gasteiger partial charge in [0.05, 0.1) is 29.8 Å². The van der Waals surface area contributed by atoms with Crippen LogP contribution in [0.3, 0.4) is 0 Å². The Morgan fingerprint density at radius 2 is 1.96 bits per heavy atom. The molecule has 2 aromatic carbocycles. The molecule has 1 aromatic heterocycles. The third-order valence-electron chi connectivity index (χ3n) is 3.77. The summed E-state index contributed by atoms with van der Waals surface area (Å²) in [6.45, 7) is 6.75. The highest BCUT2D eigenvalue weighted by atomic mass is 32.2. The molecule has 0 radical (unpaired) electrons. The minimum Gasteiger partial charge on any atom is -0.497 e. The van der Waals surface area contributed by atoms with Crippen LogP contribution in [0.2, 0.25) is 0 Å². The fraction of sp³-hybridized carbons (Fsp3) is 0.118. The van der Waals surface area contributed by atoms with Crippen LogP contribution in [-0.4, -0.2) is 20.5 Å². The third-order valence-corrected chi connectivity index (χ3v) is 5.47. The molecule has 5 nitrogen and oxygen atoms in total. The van der Waals surface area contributed by atoms with Gasteiger partial charge in [0.2, 0.25) is 5.69 Å². The molecule has 0 unspecified atom stereocenters. The van der Waals surface area contributed by atoms with Crippen LogP contribution < -0.4 is 4.74 Å². The number of nitrogens with one attached hydrogen (secondary N) is 1. The van der Waals surface area contributed by atoms with E-state index in [9.17, 15) is 17.2 Å². The summed E-state index contributed by atoms with van der Waals surface area (Å²) in [6, 6.07) is 6.28. The fourth-order valence-corrected chi connectivity index (χ4v) is 4.06. The lowest BCUT2D eigenvalue weighted by Gasteiger charge is -2.07. The zero-order chi connectivity index (χ0) is 18.2. The van der Waals surface area contributed by atoms with E-state index < -0.39 is 32.9 Å². The Labute approximate surface area is 142 Å². The first kappa shape index (κ1) is 16.9. The first-order valence-corrected chi connectivity index (χ1v) is 8.74. The van der Waals surface area contributed by atoms with Crippen molar-refractivity contribution in [1.29, 1.82) is 0 Å². The normalized spacial score (nSPS) is 11.4. The van der Waals surface area contributed by atoms with Gasteiger partial charge in [-0.3, -0.25) is 0 Å². The average Bonchev–Trinajstić information content (AvgIpc) is 3.01. The van der Waals surface area contributed by atoms with Gasteiger partial charge in [-0.1, -0.05) is 0 Å². The number of benzene rings is 2. The number of hydrogen-bond donors (Lipinski definition) is 1. The molecule has 8 heteroatoms. The summed E-state index contributed by atoms with van der Waals surface area (Å²) >= 11 is 0. The first-order chi connectivity index (χ1) is 11.9. The van der Waals surface area contributed by atoms with E-state index in [4.69, 9.17) is 11.3 Å². The number of fused-ring (bicyclic) bond motifs is 1. The standard InChI is InChI=1S/C17H12F2N2O3S/c1-20-16-7-13(18)10(5-14(16)19)9-25(22,23)17-8-21-15-6-11(24-2)3-4-12(15)17/h3-8,21H,9H2,2H3. The highest BCUT2D eigenvalue weighted by Crippen LogP contribution is 2.30. The number of methoxy groups -OCH3 is 1. The topological polar surface area (TPSA) is 63.5 Å². The molecule has 25 heavy (non-hydrogen) atoms. The van der Waals surface area contributed by atoms with Gasteiger partial charge < -0.3 is 9.72 Å². The molecule has 1 heterocycles. The number of H-pyrrole nitrogens is 1. The Kier molecular flexibility index (Phi) is 4.18. The number of halogens is 2. The third kappa shape index (κ3) is 3.06. The summed E-state index contributed by atoms with van der Waals surface area (Å²) in [6.07, 6.45) is 1.31. The van der Waals surface area contributed by atoms with Crippen LogP contribution in [-0.2, 0) is 15.6 Å². The molecule has 0 bridgehead atoms. The monoisotopic (exact) mass is 362 g/mol. The van der Waals surface area contributed by atoms with Gasteiger partial charge in [-0.25, -0.2) is 22.0 Å². The second-order valence-electron chi connectivity index (χ2n) is 5.33. The van der Waals surface area contributed by atoms with E-state index in [2.05, 4.69) is 9.83 Å². The van der Waals surface area contributed by atoms with Crippen molar-refractivity contribution in [1.82, 2.24) is 4.98 Å². The van der Waals surface area contributed by atoms with Crippen molar-refractivity contribution >= 4 is 26.4 Å². The van der Waals surface area contributed by atoms with Gasteiger partial charge in [0.15, 0.2) is 9.84 Å². The molecule has 0 fully saturated rings. The Hall–Kier alpha value is -2.92. The summed E-state index contributed by atoms with van der Waals surface area (Å²) in [5.41, 5.74) is -0.265. The zero-order valence-corrected chi connectivity index (χ0v) is 13.8. The molecule has 0 spiro atoms. The van der Waals surface area contributed by atoms with Crippen molar-refractivity contribution in [3.05, 3.63) is 65.1 Å². The highest BCUT2D eigenvalue weighted by Gasteiger charge is 2.23. The first-order valence-electron chi connectivity index (χ1n) is 7.09. The van der Waals surface area contributed by atoms with E-state index in [1.807, 2.05) is 0 Å². The van der Waals surface area contributed by atoms with E-state index in [-0.39, 0.29) is 10.5 Å². The zero-order valence-electron chi connectivity index (χ0n) is 13.0. The molecule has 0 atom stereocenters. The van der Waals surface area contributed by atoms with Crippen molar-refractivity contribution < 1.29 is 21.9 Å². The van der Waals surface area contributed by atoms with Crippen molar-refractivity contribution in [3.63, 3.8) is 0 Å². The number of rotatable bonds is 4. The van der Waals surface area contributed by atoms with Gasteiger partial charge in [0, 0.05) is 23.2 Å². The maximum atomic E-state index is 14.0. The molecule has 0 aliphatic carbocycles. The molecule has 0 aliphatic rings. The minimum atomic E-state index is -3.93. The molecule has 0 saturated heterocycles. The minimum absolute atomic E-state index is 0.0146. The summed E-state index contributed by atoms with van der Waals surface area (Å²) < 4.78 is 58.1. The molecule has 3 aromatic rings. The van der Waals surface area contributed by atoms with Gasteiger partial charge in [-0.05, 0) is 24.3 Å². The van der Waals surface area contributed by atoms with Crippen molar-refractivity contribution in [2.24, 2.45) is 0 Å². The SMILES string of the molecule is [C-]#[N+]c1cc(F)c(CS(=O)(=O)c2c[nH]c3cc(OC)ccc23)cc1F. The molecule has 0 aliphatic heterocycles. The smallest absolute Gasteiger partial charge is 0.224 e. The Morgan fingerprint density at radius 3 is 2.64 bits per heavy atom. The second kappa shape index (κ2) is 6.18. The number of aromatic nitrogens is 1. The molecule has 128 valence electrons. The number of nitrogens with zero attached hydrogens (tertiary/aromatic N) is 1. The maximum absolute atomic E-state index is 14.0. The predicted molar refractivity (Wildman–Crippen MR) is 88.4 cm³/mol. The molecular formula is C17H12F2N2O3S. The number of hydrogen-bond acceptors (Lipinski definition) is 3. The lowest BCUT2D eigenvalue weighted by atomic mass is 10.2. The van der Waals surface area contributed by atoms with Crippen LogP contribution >= 0.6 is 0 Å². The van der Waals surface area contributed by atoms with Crippen LogP contribution in [0.15, 0.2) is 41.4 Å². The summed E-state index contributed by atoms with van der Waals surface area (Å²) in [5.74, 6) is -2.04. The largest absolute Gasteiger partial charge is 0.497 e. The Morgan fingerprint density at radius 1 is 1.20 bits per heavy atom. The van der Waals surface area contributed by atoms with E-state index >= 15 is 0 Å². The maximum Gasteiger partial charge on any atom is 0.224 e.